The van der Waals surface area contributed by atoms with Crippen LogP contribution in [0.15, 0.2) is 36.7 Å². The van der Waals surface area contributed by atoms with E-state index in [-0.39, 0.29) is 10.9 Å². The van der Waals surface area contributed by atoms with E-state index in [0.29, 0.717) is 21.6 Å². The second kappa shape index (κ2) is 5.46. The van der Waals surface area contributed by atoms with E-state index in [4.69, 9.17) is 23.2 Å². The summed E-state index contributed by atoms with van der Waals surface area (Å²) in [6.07, 6.45) is 3.09. The topological polar surface area (TPSA) is 39.9 Å². The first-order chi connectivity index (χ1) is 10.0. The molecular weight excluding hydrogens is 323 g/mol. The maximum absolute atomic E-state index is 12.5. The number of aromatic nitrogens is 3. The van der Waals surface area contributed by atoms with E-state index in [1.54, 1.807) is 18.5 Å². The van der Waals surface area contributed by atoms with Gasteiger partial charge in [-0.25, -0.2) is 9.67 Å². The standard InChI is InChI=1S/C13H7Cl2F2N3O/c14-8-1-2-11(21-13(16)17)10(3-8)20-9-4-12(15)18-5-7(9)6-19-20/h1-6,13H. The lowest BCUT2D eigenvalue weighted by Gasteiger charge is -2.12. The summed E-state index contributed by atoms with van der Waals surface area (Å²) in [4.78, 5) is 3.94. The molecule has 0 N–H and O–H groups in total. The molecule has 1 aromatic carbocycles. The second-order valence-corrected chi connectivity index (χ2v) is 4.94. The van der Waals surface area contributed by atoms with Gasteiger partial charge >= 0.3 is 6.61 Å². The van der Waals surface area contributed by atoms with Gasteiger partial charge in [0, 0.05) is 22.7 Å². The van der Waals surface area contributed by atoms with Crippen molar-refractivity contribution in [3.8, 4) is 11.4 Å². The van der Waals surface area contributed by atoms with Crippen molar-refractivity contribution in [3.63, 3.8) is 0 Å². The number of hydrogen-bond donors (Lipinski definition) is 0. The molecule has 2 heterocycles. The first-order valence-electron chi connectivity index (χ1n) is 5.78. The highest BCUT2D eigenvalue weighted by Crippen LogP contribution is 2.30. The third-order valence-corrected chi connectivity index (χ3v) is 3.23. The molecular formula is C13H7Cl2F2N3O. The molecule has 3 aromatic rings. The summed E-state index contributed by atoms with van der Waals surface area (Å²) in [5, 5.41) is 5.50. The zero-order chi connectivity index (χ0) is 15.0. The molecule has 0 radical (unpaired) electrons. The maximum atomic E-state index is 12.5. The summed E-state index contributed by atoms with van der Waals surface area (Å²) in [7, 11) is 0. The Morgan fingerprint density at radius 1 is 1.14 bits per heavy atom. The second-order valence-electron chi connectivity index (χ2n) is 4.11. The summed E-state index contributed by atoms with van der Waals surface area (Å²) in [5.41, 5.74) is 0.899. The van der Waals surface area contributed by atoms with Crippen LogP contribution in [0.2, 0.25) is 10.2 Å². The fourth-order valence-corrected chi connectivity index (χ4v) is 2.26. The minimum Gasteiger partial charge on any atom is -0.433 e. The van der Waals surface area contributed by atoms with Crippen molar-refractivity contribution >= 4 is 34.1 Å². The van der Waals surface area contributed by atoms with Crippen molar-refractivity contribution in [2.24, 2.45) is 0 Å². The number of ether oxygens (including phenoxy) is 1. The van der Waals surface area contributed by atoms with Crippen molar-refractivity contribution in [3.05, 3.63) is 46.8 Å². The van der Waals surface area contributed by atoms with Gasteiger partial charge in [0.15, 0.2) is 5.75 Å². The molecule has 8 heteroatoms. The molecule has 0 aliphatic rings. The number of fused-ring (bicyclic) bond motifs is 1. The number of nitrogens with zero attached hydrogens (tertiary/aromatic N) is 3. The third kappa shape index (κ3) is 2.77. The van der Waals surface area contributed by atoms with Gasteiger partial charge in [-0.15, -0.1) is 0 Å². The number of benzene rings is 1. The van der Waals surface area contributed by atoms with E-state index >= 15 is 0 Å². The molecule has 0 amide bonds. The number of pyridine rings is 1. The van der Waals surface area contributed by atoms with Gasteiger partial charge in [0.05, 0.1) is 11.7 Å². The lowest BCUT2D eigenvalue weighted by atomic mass is 10.2. The Balaban J connectivity index is 2.21. The molecule has 0 saturated heterocycles. The van der Waals surface area contributed by atoms with Crippen LogP contribution < -0.4 is 4.74 Å². The lowest BCUT2D eigenvalue weighted by Crippen LogP contribution is -2.06. The van der Waals surface area contributed by atoms with E-state index in [1.165, 1.54) is 22.9 Å². The van der Waals surface area contributed by atoms with Gasteiger partial charge in [0.2, 0.25) is 0 Å². The van der Waals surface area contributed by atoms with Gasteiger partial charge < -0.3 is 4.74 Å². The largest absolute Gasteiger partial charge is 0.433 e. The van der Waals surface area contributed by atoms with Crippen molar-refractivity contribution in [2.45, 2.75) is 6.61 Å². The normalized spacial score (nSPS) is 11.3. The van der Waals surface area contributed by atoms with Crippen LogP contribution in [0.25, 0.3) is 16.6 Å². The van der Waals surface area contributed by atoms with E-state index in [1.807, 2.05) is 0 Å². The third-order valence-electron chi connectivity index (χ3n) is 2.78. The predicted octanol–water partition coefficient (Wildman–Crippen LogP) is 4.33. The van der Waals surface area contributed by atoms with E-state index in [2.05, 4.69) is 14.8 Å². The van der Waals surface area contributed by atoms with Gasteiger partial charge in [0.1, 0.15) is 10.8 Å². The quantitative estimate of drug-likeness (QED) is 0.671. The zero-order valence-corrected chi connectivity index (χ0v) is 11.8. The van der Waals surface area contributed by atoms with Gasteiger partial charge in [0.25, 0.3) is 0 Å². The molecule has 0 bridgehead atoms. The van der Waals surface area contributed by atoms with Crippen LogP contribution in [0, 0.1) is 0 Å². The summed E-state index contributed by atoms with van der Waals surface area (Å²) in [5.74, 6) is -0.0349. The Morgan fingerprint density at radius 3 is 2.71 bits per heavy atom. The molecule has 108 valence electrons. The molecule has 0 atom stereocenters. The van der Waals surface area contributed by atoms with Gasteiger partial charge in [-0.05, 0) is 18.2 Å². The molecule has 21 heavy (non-hydrogen) atoms. The van der Waals surface area contributed by atoms with Crippen LogP contribution in [0.1, 0.15) is 0 Å². The van der Waals surface area contributed by atoms with Crippen molar-refractivity contribution < 1.29 is 13.5 Å². The molecule has 4 nitrogen and oxygen atoms in total. The molecule has 0 aliphatic heterocycles. The molecule has 0 aliphatic carbocycles. The molecule has 0 fully saturated rings. The fourth-order valence-electron chi connectivity index (χ4n) is 1.94. The average molecular weight is 330 g/mol. The van der Waals surface area contributed by atoms with Crippen molar-refractivity contribution in [2.75, 3.05) is 0 Å². The van der Waals surface area contributed by atoms with Crippen LogP contribution in [-0.2, 0) is 0 Å². The first kappa shape index (κ1) is 14.0. The molecule has 0 spiro atoms. The van der Waals surface area contributed by atoms with Crippen LogP contribution in [-0.4, -0.2) is 21.4 Å². The van der Waals surface area contributed by atoms with Crippen LogP contribution in [0.3, 0.4) is 0 Å². The Morgan fingerprint density at radius 2 is 1.95 bits per heavy atom. The van der Waals surface area contributed by atoms with Crippen LogP contribution in [0.4, 0.5) is 8.78 Å². The van der Waals surface area contributed by atoms with Crippen LogP contribution >= 0.6 is 23.2 Å². The van der Waals surface area contributed by atoms with E-state index in [9.17, 15) is 8.78 Å². The highest BCUT2D eigenvalue weighted by Gasteiger charge is 2.15. The Kier molecular flexibility index (Phi) is 3.65. The van der Waals surface area contributed by atoms with E-state index in [0.717, 1.165) is 0 Å². The highest BCUT2D eigenvalue weighted by molar-refractivity contribution is 6.31. The minimum atomic E-state index is -2.95. The SMILES string of the molecule is FC(F)Oc1ccc(Cl)cc1-n1ncc2cnc(Cl)cc21. The number of alkyl halides is 2. The Labute approximate surface area is 127 Å². The number of rotatable bonds is 3. The van der Waals surface area contributed by atoms with E-state index < -0.39 is 6.61 Å². The Hall–Kier alpha value is -1.92. The average Bonchev–Trinajstić information content (AvgIpc) is 2.83. The zero-order valence-electron chi connectivity index (χ0n) is 10.3. The summed E-state index contributed by atoms with van der Waals surface area (Å²) in [6, 6.07) is 5.89. The lowest BCUT2D eigenvalue weighted by molar-refractivity contribution is -0.0498. The summed E-state index contributed by atoms with van der Waals surface area (Å²) in [6.45, 7) is -2.95. The maximum Gasteiger partial charge on any atom is 0.387 e. The monoisotopic (exact) mass is 329 g/mol. The Bertz CT molecular complexity index is 807. The fraction of sp³-hybridized carbons (Fsp3) is 0.0769. The van der Waals surface area contributed by atoms with Crippen molar-refractivity contribution in [1.82, 2.24) is 14.8 Å². The first-order valence-corrected chi connectivity index (χ1v) is 6.54. The number of halogens is 4. The molecule has 3 rings (SSSR count). The smallest absolute Gasteiger partial charge is 0.387 e. The predicted molar refractivity (Wildman–Crippen MR) is 75.5 cm³/mol. The number of hydrogen-bond acceptors (Lipinski definition) is 3. The van der Waals surface area contributed by atoms with Crippen LogP contribution in [0.5, 0.6) is 5.75 Å². The molecule has 2 aromatic heterocycles. The summed E-state index contributed by atoms with van der Waals surface area (Å²) < 4.78 is 30.9. The van der Waals surface area contributed by atoms with Gasteiger partial charge in [-0.2, -0.15) is 13.9 Å². The molecule has 0 saturated carbocycles. The van der Waals surface area contributed by atoms with Gasteiger partial charge in [-0.1, -0.05) is 23.2 Å². The summed E-state index contributed by atoms with van der Waals surface area (Å²) >= 11 is 11.8. The minimum absolute atomic E-state index is 0.0349. The van der Waals surface area contributed by atoms with Gasteiger partial charge in [-0.3, -0.25) is 0 Å². The highest BCUT2D eigenvalue weighted by atomic mass is 35.5. The molecule has 0 unspecified atom stereocenters. The van der Waals surface area contributed by atoms with Crippen molar-refractivity contribution in [1.29, 1.82) is 0 Å².